The zero-order valence-electron chi connectivity index (χ0n) is 11.3. The van der Waals surface area contributed by atoms with Crippen LogP contribution in [0, 0.1) is 12.8 Å². The van der Waals surface area contributed by atoms with Gasteiger partial charge in [0.15, 0.2) is 0 Å². The van der Waals surface area contributed by atoms with Crippen LogP contribution in [0.5, 0.6) is 0 Å². The highest BCUT2D eigenvalue weighted by molar-refractivity contribution is 7.08. The number of esters is 1. The highest BCUT2D eigenvalue weighted by atomic mass is 32.1. The van der Waals surface area contributed by atoms with Crippen LogP contribution < -0.4 is 0 Å². The fraction of sp³-hybridized carbons (Fsp3) is 0.571. The van der Waals surface area contributed by atoms with E-state index in [4.69, 9.17) is 4.74 Å². The smallest absolute Gasteiger partial charge is 0.310 e. The second-order valence-corrected chi connectivity index (χ2v) is 5.55. The highest BCUT2D eigenvalue weighted by Gasteiger charge is 2.30. The van der Waals surface area contributed by atoms with Crippen molar-refractivity contribution in [3.05, 3.63) is 21.9 Å². The van der Waals surface area contributed by atoms with E-state index in [1.165, 1.54) is 11.3 Å². The molecule has 0 N–H and O–H groups in total. The topological polar surface area (TPSA) is 46.6 Å². The van der Waals surface area contributed by atoms with Crippen LogP contribution >= 0.6 is 11.3 Å². The quantitative estimate of drug-likeness (QED) is 0.800. The summed E-state index contributed by atoms with van der Waals surface area (Å²) in [5.74, 6) is -0.314. The fourth-order valence-corrected chi connectivity index (χ4v) is 3.19. The molecule has 1 fully saturated rings. The molecule has 1 aliphatic rings. The molecule has 1 saturated heterocycles. The van der Waals surface area contributed by atoms with Crippen LogP contribution in [0.4, 0.5) is 0 Å². The predicted octanol–water partition coefficient (Wildman–Crippen LogP) is 2.47. The summed E-state index contributed by atoms with van der Waals surface area (Å²) in [6, 6.07) is 0. The Morgan fingerprint density at radius 2 is 2.26 bits per heavy atom. The second-order valence-electron chi connectivity index (χ2n) is 4.81. The molecule has 2 heterocycles. The summed E-state index contributed by atoms with van der Waals surface area (Å²) >= 11 is 1.53. The van der Waals surface area contributed by atoms with Crippen molar-refractivity contribution in [3.63, 3.8) is 0 Å². The minimum absolute atomic E-state index is 0.0350. The molecule has 0 saturated carbocycles. The van der Waals surface area contributed by atoms with Gasteiger partial charge < -0.3 is 9.64 Å². The summed E-state index contributed by atoms with van der Waals surface area (Å²) in [7, 11) is 0. The molecule has 1 aliphatic heterocycles. The molecule has 0 bridgehead atoms. The lowest BCUT2D eigenvalue weighted by molar-refractivity contribution is -0.149. The van der Waals surface area contributed by atoms with Crippen molar-refractivity contribution in [1.82, 2.24) is 4.90 Å². The van der Waals surface area contributed by atoms with Crippen molar-refractivity contribution in [1.29, 1.82) is 0 Å². The molecule has 1 aromatic heterocycles. The van der Waals surface area contributed by atoms with Crippen molar-refractivity contribution in [2.45, 2.75) is 26.7 Å². The number of piperidine rings is 1. The van der Waals surface area contributed by atoms with Crippen LogP contribution in [0.15, 0.2) is 10.8 Å². The summed E-state index contributed by atoms with van der Waals surface area (Å²) in [4.78, 5) is 25.9. The van der Waals surface area contributed by atoms with E-state index in [1.807, 2.05) is 17.7 Å². The SMILES string of the molecule is CCOC(=O)[C@@H]1CCCN(C(=O)c2cscc2C)C1. The molecule has 0 aromatic carbocycles. The van der Waals surface area contributed by atoms with E-state index in [2.05, 4.69) is 0 Å². The van der Waals surface area contributed by atoms with E-state index in [0.29, 0.717) is 13.2 Å². The number of hydrogen-bond donors (Lipinski definition) is 0. The van der Waals surface area contributed by atoms with Crippen molar-refractivity contribution in [3.8, 4) is 0 Å². The van der Waals surface area contributed by atoms with Gasteiger partial charge in [-0.2, -0.15) is 11.3 Å². The average Bonchev–Trinajstić information content (AvgIpc) is 2.84. The number of likely N-dealkylation sites (tertiary alicyclic amines) is 1. The Hall–Kier alpha value is -1.36. The monoisotopic (exact) mass is 281 g/mol. The Labute approximate surface area is 117 Å². The van der Waals surface area contributed by atoms with Gasteiger partial charge in [0.2, 0.25) is 0 Å². The summed E-state index contributed by atoms with van der Waals surface area (Å²) in [6.45, 7) is 5.35. The van der Waals surface area contributed by atoms with Crippen LogP contribution in [-0.4, -0.2) is 36.5 Å². The number of thiophene rings is 1. The molecule has 0 spiro atoms. The molecule has 2 rings (SSSR count). The molecular weight excluding hydrogens is 262 g/mol. The summed E-state index contributed by atoms with van der Waals surface area (Å²) < 4.78 is 5.05. The lowest BCUT2D eigenvalue weighted by Crippen LogP contribution is -2.42. The van der Waals surface area contributed by atoms with Gasteiger partial charge in [-0.25, -0.2) is 0 Å². The number of nitrogens with zero attached hydrogens (tertiary/aromatic N) is 1. The van der Waals surface area contributed by atoms with Crippen molar-refractivity contribution in [2.24, 2.45) is 5.92 Å². The molecular formula is C14H19NO3S. The number of ether oxygens (including phenoxy) is 1. The van der Waals surface area contributed by atoms with E-state index in [9.17, 15) is 9.59 Å². The molecule has 104 valence electrons. The Balaban J connectivity index is 2.03. The molecule has 1 aromatic rings. The van der Waals surface area contributed by atoms with Crippen molar-refractivity contribution >= 4 is 23.2 Å². The maximum absolute atomic E-state index is 12.4. The predicted molar refractivity (Wildman–Crippen MR) is 74.3 cm³/mol. The van der Waals surface area contributed by atoms with Gasteiger partial charge >= 0.3 is 5.97 Å². The van der Waals surface area contributed by atoms with Crippen LogP contribution in [0.25, 0.3) is 0 Å². The van der Waals surface area contributed by atoms with E-state index in [-0.39, 0.29) is 17.8 Å². The third-order valence-corrected chi connectivity index (χ3v) is 4.28. The zero-order chi connectivity index (χ0) is 13.8. The Morgan fingerprint density at radius 1 is 1.47 bits per heavy atom. The lowest BCUT2D eigenvalue weighted by Gasteiger charge is -2.31. The first-order valence-corrected chi connectivity index (χ1v) is 7.56. The van der Waals surface area contributed by atoms with Gasteiger partial charge in [0, 0.05) is 18.5 Å². The molecule has 0 aliphatic carbocycles. The highest BCUT2D eigenvalue weighted by Crippen LogP contribution is 2.22. The van der Waals surface area contributed by atoms with Crippen LogP contribution in [0.1, 0.15) is 35.7 Å². The number of carbonyl (C=O) groups is 2. The Bertz CT molecular complexity index is 469. The van der Waals surface area contributed by atoms with Gasteiger partial charge in [-0.1, -0.05) is 0 Å². The van der Waals surface area contributed by atoms with E-state index in [1.54, 1.807) is 11.8 Å². The number of aryl methyl sites for hydroxylation is 1. The molecule has 1 amide bonds. The van der Waals surface area contributed by atoms with E-state index < -0.39 is 0 Å². The fourth-order valence-electron chi connectivity index (χ4n) is 2.36. The van der Waals surface area contributed by atoms with Gasteiger partial charge in [-0.15, -0.1) is 0 Å². The minimum atomic E-state index is -0.179. The zero-order valence-corrected chi connectivity index (χ0v) is 12.2. The first kappa shape index (κ1) is 14.1. The standard InChI is InChI=1S/C14H19NO3S/c1-3-18-14(17)11-5-4-6-15(7-11)13(16)12-9-19-8-10(12)2/h8-9,11H,3-7H2,1-2H3/t11-/m1/s1. The number of carbonyl (C=O) groups excluding carboxylic acids is 2. The van der Waals surface area contributed by atoms with Crippen LogP contribution in [0.3, 0.4) is 0 Å². The van der Waals surface area contributed by atoms with Gasteiger partial charge in [0.25, 0.3) is 5.91 Å². The molecule has 19 heavy (non-hydrogen) atoms. The number of amides is 1. The largest absolute Gasteiger partial charge is 0.466 e. The first-order chi connectivity index (χ1) is 9.13. The molecule has 5 heteroatoms. The molecule has 4 nitrogen and oxygen atoms in total. The molecule has 0 radical (unpaired) electrons. The molecule has 1 atom stereocenters. The van der Waals surface area contributed by atoms with E-state index >= 15 is 0 Å². The summed E-state index contributed by atoms with van der Waals surface area (Å²) in [5, 5.41) is 3.85. The number of rotatable bonds is 3. The Kier molecular flexibility index (Phi) is 4.58. The van der Waals surface area contributed by atoms with Gasteiger partial charge in [0.1, 0.15) is 0 Å². The van der Waals surface area contributed by atoms with Gasteiger partial charge in [-0.3, -0.25) is 9.59 Å². The van der Waals surface area contributed by atoms with Crippen LogP contribution in [-0.2, 0) is 9.53 Å². The van der Waals surface area contributed by atoms with Crippen molar-refractivity contribution < 1.29 is 14.3 Å². The normalized spacial score (nSPS) is 19.3. The van der Waals surface area contributed by atoms with Crippen LogP contribution in [0.2, 0.25) is 0 Å². The summed E-state index contributed by atoms with van der Waals surface area (Å²) in [5.41, 5.74) is 1.77. The summed E-state index contributed by atoms with van der Waals surface area (Å²) in [6.07, 6.45) is 1.67. The first-order valence-electron chi connectivity index (χ1n) is 6.62. The molecule has 0 unspecified atom stereocenters. The van der Waals surface area contributed by atoms with Crippen molar-refractivity contribution in [2.75, 3.05) is 19.7 Å². The number of hydrogen-bond acceptors (Lipinski definition) is 4. The lowest BCUT2D eigenvalue weighted by atomic mass is 9.97. The van der Waals surface area contributed by atoms with Gasteiger partial charge in [0.05, 0.1) is 18.1 Å². The van der Waals surface area contributed by atoms with Gasteiger partial charge in [-0.05, 0) is 37.6 Å². The van der Waals surface area contributed by atoms with E-state index in [0.717, 1.165) is 30.5 Å². The maximum Gasteiger partial charge on any atom is 0.310 e. The third kappa shape index (κ3) is 3.15. The maximum atomic E-state index is 12.4. The minimum Gasteiger partial charge on any atom is -0.466 e. The Morgan fingerprint density at radius 3 is 2.89 bits per heavy atom. The third-order valence-electron chi connectivity index (χ3n) is 3.41. The average molecular weight is 281 g/mol. The second kappa shape index (κ2) is 6.19.